The van der Waals surface area contributed by atoms with Gasteiger partial charge in [-0.25, -0.2) is 5.43 Å². The van der Waals surface area contributed by atoms with E-state index in [0.29, 0.717) is 17.6 Å². The summed E-state index contributed by atoms with van der Waals surface area (Å²) in [6.07, 6.45) is 1.70. The lowest BCUT2D eigenvalue weighted by atomic mass is 10.2. The first kappa shape index (κ1) is 20.9. The van der Waals surface area contributed by atoms with E-state index in [2.05, 4.69) is 43.3 Å². The number of hydrogen-bond donors (Lipinski definition) is 1. The Bertz CT molecular complexity index is 1450. The third-order valence-corrected chi connectivity index (χ3v) is 5.67. The van der Waals surface area contributed by atoms with E-state index in [9.17, 15) is 0 Å². The molecule has 0 aliphatic heterocycles. The minimum atomic E-state index is 0.343. The van der Waals surface area contributed by atoms with Gasteiger partial charge >= 0.3 is 0 Å². The molecular formula is C25H21ClN6O. The summed E-state index contributed by atoms with van der Waals surface area (Å²) in [7, 11) is 0. The number of aromatic nitrogens is 4. The molecule has 7 nitrogen and oxygen atoms in total. The standard InChI is InChI=1S/C25H21ClN6O/c1-2-32-22-10-6-4-8-20(22)23-24(32)28-25(31-29-23)30-27-15-17-11-13-19(14-12-17)33-16-18-7-3-5-9-21(18)26/h3-15H,2,16H2,1H3,(H,28,30,31)/b27-15+. The first-order chi connectivity index (χ1) is 16.2. The van der Waals surface area contributed by atoms with Crippen molar-refractivity contribution in [1.82, 2.24) is 19.7 Å². The highest BCUT2D eigenvalue weighted by atomic mass is 35.5. The summed E-state index contributed by atoms with van der Waals surface area (Å²) in [4.78, 5) is 4.62. The van der Waals surface area contributed by atoms with Crippen molar-refractivity contribution in [3.63, 3.8) is 0 Å². The number of fused-ring (bicyclic) bond motifs is 3. The average molecular weight is 457 g/mol. The van der Waals surface area contributed by atoms with Crippen molar-refractivity contribution in [2.75, 3.05) is 5.43 Å². The second-order valence-corrected chi connectivity index (χ2v) is 7.80. The lowest BCUT2D eigenvalue weighted by molar-refractivity contribution is 0.306. The Morgan fingerprint density at radius 2 is 1.79 bits per heavy atom. The smallest absolute Gasteiger partial charge is 0.265 e. The van der Waals surface area contributed by atoms with E-state index in [0.717, 1.165) is 45.5 Å². The summed E-state index contributed by atoms with van der Waals surface area (Å²) in [5, 5.41) is 14.5. The van der Waals surface area contributed by atoms with Crippen molar-refractivity contribution < 1.29 is 4.74 Å². The van der Waals surface area contributed by atoms with Crippen LogP contribution < -0.4 is 10.2 Å². The minimum Gasteiger partial charge on any atom is -0.489 e. The van der Waals surface area contributed by atoms with Gasteiger partial charge in [-0.2, -0.15) is 10.1 Å². The average Bonchev–Trinajstić information content (AvgIpc) is 3.17. The maximum absolute atomic E-state index is 6.17. The first-order valence-electron chi connectivity index (χ1n) is 10.6. The van der Waals surface area contributed by atoms with Gasteiger partial charge < -0.3 is 9.30 Å². The monoisotopic (exact) mass is 456 g/mol. The molecule has 5 rings (SSSR count). The molecule has 0 aliphatic rings. The van der Waals surface area contributed by atoms with Gasteiger partial charge in [-0.05, 0) is 48.9 Å². The van der Waals surface area contributed by atoms with E-state index in [1.54, 1.807) is 6.21 Å². The molecule has 33 heavy (non-hydrogen) atoms. The van der Waals surface area contributed by atoms with Gasteiger partial charge in [0, 0.05) is 22.5 Å². The summed E-state index contributed by atoms with van der Waals surface area (Å²) in [5.74, 6) is 1.10. The Morgan fingerprint density at radius 1 is 1.00 bits per heavy atom. The van der Waals surface area contributed by atoms with Crippen LogP contribution in [0.5, 0.6) is 5.75 Å². The van der Waals surface area contributed by atoms with Gasteiger partial charge in [0.25, 0.3) is 5.95 Å². The van der Waals surface area contributed by atoms with E-state index in [1.165, 1.54) is 0 Å². The van der Waals surface area contributed by atoms with Gasteiger partial charge in [-0.3, -0.25) is 0 Å². The molecule has 0 fully saturated rings. The summed E-state index contributed by atoms with van der Waals surface area (Å²) >= 11 is 6.17. The molecule has 0 unspecified atom stereocenters. The third-order valence-electron chi connectivity index (χ3n) is 5.30. The lowest BCUT2D eigenvalue weighted by Crippen LogP contribution is -2.02. The van der Waals surface area contributed by atoms with Crippen molar-refractivity contribution >= 4 is 45.8 Å². The SMILES string of the molecule is CCn1c2ccccc2c2nnc(N/N=C/c3ccc(OCc4ccccc4Cl)cc3)nc21. The van der Waals surface area contributed by atoms with Crippen LogP contribution in [0, 0.1) is 0 Å². The van der Waals surface area contributed by atoms with Crippen LogP contribution in [0.3, 0.4) is 0 Å². The normalized spacial score (nSPS) is 11.5. The zero-order chi connectivity index (χ0) is 22.6. The molecule has 0 saturated carbocycles. The van der Waals surface area contributed by atoms with Crippen LogP contribution in [0.4, 0.5) is 5.95 Å². The predicted molar refractivity (Wildman–Crippen MR) is 132 cm³/mol. The number of hydrogen-bond acceptors (Lipinski definition) is 6. The second-order valence-electron chi connectivity index (χ2n) is 7.39. The molecule has 0 radical (unpaired) electrons. The fraction of sp³-hybridized carbons (Fsp3) is 0.120. The molecule has 0 atom stereocenters. The molecule has 0 amide bonds. The number of anilines is 1. The first-order valence-corrected chi connectivity index (χ1v) is 11.0. The predicted octanol–water partition coefficient (Wildman–Crippen LogP) is 5.68. The number of rotatable bonds is 7. The molecule has 164 valence electrons. The summed E-state index contributed by atoms with van der Waals surface area (Å²) < 4.78 is 7.93. The Balaban J connectivity index is 1.26. The summed E-state index contributed by atoms with van der Waals surface area (Å²) in [5.41, 5.74) is 7.39. The van der Waals surface area contributed by atoms with Crippen molar-refractivity contribution in [3.05, 3.63) is 88.9 Å². The quantitative estimate of drug-likeness (QED) is 0.252. The Labute approximate surface area is 195 Å². The van der Waals surface area contributed by atoms with Gasteiger partial charge in [-0.1, -0.05) is 48.0 Å². The van der Waals surface area contributed by atoms with E-state index < -0.39 is 0 Å². The molecule has 3 aromatic carbocycles. The summed E-state index contributed by atoms with van der Waals surface area (Å²) in [6, 6.07) is 23.4. The van der Waals surface area contributed by atoms with Crippen molar-refractivity contribution in [2.24, 2.45) is 5.10 Å². The van der Waals surface area contributed by atoms with Crippen LogP contribution in [0.1, 0.15) is 18.1 Å². The van der Waals surface area contributed by atoms with Crippen LogP contribution >= 0.6 is 11.6 Å². The van der Waals surface area contributed by atoms with E-state index in [1.807, 2.05) is 66.7 Å². The zero-order valence-corrected chi connectivity index (χ0v) is 18.7. The molecule has 0 spiro atoms. The zero-order valence-electron chi connectivity index (χ0n) is 17.9. The number of aryl methyl sites for hydroxylation is 1. The highest BCUT2D eigenvalue weighted by molar-refractivity contribution is 6.31. The molecule has 0 bridgehead atoms. The molecule has 2 aromatic heterocycles. The van der Waals surface area contributed by atoms with Crippen LogP contribution in [-0.2, 0) is 13.2 Å². The lowest BCUT2D eigenvalue weighted by Gasteiger charge is -2.07. The van der Waals surface area contributed by atoms with E-state index in [-0.39, 0.29) is 0 Å². The van der Waals surface area contributed by atoms with Crippen LogP contribution in [0.2, 0.25) is 5.02 Å². The Morgan fingerprint density at radius 3 is 2.61 bits per heavy atom. The number of hydrazone groups is 1. The van der Waals surface area contributed by atoms with E-state index in [4.69, 9.17) is 16.3 Å². The fourth-order valence-electron chi connectivity index (χ4n) is 3.66. The fourth-order valence-corrected chi connectivity index (χ4v) is 3.85. The maximum atomic E-state index is 6.17. The largest absolute Gasteiger partial charge is 0.489 e. The minimum absolute atomic E-state index is 0.343. The number of halogens is 1. The Hall–Kier alpha value is -3.97. The molecule has 1 N–H and O–H groups in total. The van der Waals surface area contributed by atoms with Gasteiger partial charge in [0.1, 0.15) is 17.9 Å². The third kappa shape index (κ3) is 4.36. The molecule has 5 aromatic rings. The number of nitrogens with one attached hydrogen (secondary N) is 1. The van der Waals surface area contributed by atoms with Crippen LogP contribution in [-0.4, -0.2) is 26.0 Å². The maximum Gasteiger partial charge on any atom is 0.265 e. The highest BCUT2D eigenvalue weighted by Crippen LogP contribution is 2.26. The molecule has 2 heterocycles. The number of ether oxygens (including phenoxy) is 1. The van der Waals surface area contributed by atoms with Gasteiger partial charge in [0.15, 0.2) is 5.65 Å². The molecular weight excluding hydrogens is 436 g/mol. The molecule has 0 aliphatic carbocycles. The highest BCUT2D eigenvalue weighted by Gasteiger charge is 2.13. The van der Waals surface area contributed by atoms with Gasteiger partial charge in [0.2, 0.25) is 0 Å². The van der Waals surface area contributed by atoms with Gasteiger partial charge in [0.05, 0.1) is 11.7 Å². The second kappa shape index (κ2) is 9.26. The molecule has 0 saturated heterocycles. The van der Waals surface area contributed by atoms with Crippen molar-refractivity contribution in [3.8, 4) is 5.75 Å². The number of benzene rings is 3. The van der Waals surface area contributed by atoms with Crippen LogP contribution in [0.25, 0.3) is 22.1 Å². The number of nitrogens with zero attached hydrogens (tertiary/aromatic N) is 5. The summed E-state index contributed by atoms with van der Waals surface area (Å²) in [6.45, 7) is 3.29. The van der Waals surface area contributed by atoms with Crippen molar-refractivity contribution in [1.29, 1.82) is 0 Å². The van der Waals surface area contributed by atoms with Gasteiger partial charge in [-0.15, -0.1) is 10.2 Å². The van der Waals surface area contributed by atoms with Crippen molar-refractivity contribution in [2.45, 2.75) is 20.1 Å². The topological polar surface area (TPSA) is 77.2 Å². The van der Waals surface area contributed by atoms with Crippen LogP contribution in [0.15, 0.2) is 77.9 Å². The molecule has 8 heteroatoms. The number of para-hydroxylation sites is 1. The Kier molecular flexibility index (Phi) is 5.87. The van der Waals surface area contributed by atoms with E-state index >= 15 is 0 Å².